The summed E-state index contributed by atoms with van der Waals surface area (Å²) in [5, 5.41) is 15.8. The number of aliphatic carboxylic acids is 1. The van der Waals surface area contributed by atoms with E-state index in [4.69, 9.17) is 9.94 Å². The summed E-state index contributed by atoms with van der Waals surface area (Å²) in [5.41, 5.74) is 9.83. The predicted molar refractivity (Wildman–Crippen MR) is 141 cm³/mol. The lowest BCUT2D eigenvalue weighted by Gasteiger charge is -2.34. The van der Waals surface area contributed by atoms with Crippen molar-refractivity contribution in [2.75, 3.05) is 39.3 Å². The summed E-state index contributed by atoms with van der Waals surface area (Å²) in [4.78, 5) is 21.1. The second-order valence-corrected chi connectivity index (χ2v) is 9.51. The number of carboxylic acids is 1. The summed E-state index contributed by atoms with van der Waals surface area (Å²) < 4.78 is 0. The van der Waals surface area contributed by atoms with E-state index in [0.717, 1.165) is 44.7 Å². The molecule has 5 rings (SSSR count). The number of carboxylic acid groups (broad SMARTS) is 1. The first-order chi connectivity index (χ1) is 17.6. The minimum Gasteiger partial charge on any atom is -0.480 e. The number of carbonyl (C=O) groups is 1. The van der Waals surface area contributed by atoms with E-state index in [-0.39, 0.29) is 18.7 Å². The molecule has 0 aliphatic carbocycles. The second kappa shape index (κ2) is 11.6. The van der Waals surface area contributed by atoms with Gasteiger partial charge in [0.05, 0.1) is 31.4 Å². The highest BCUT2D eigenvalue weighted by atomic mass is 16.7. The van der Waals surface area contributed by atoms with Crippen LogP contribution in [0.15, 0.2) is 71.8 Å². The van der Waals surface area contributed by atoms with Gasteiger partial charge in [0.15, 0.2) is 0 Å². The fourth-order valence-electron chi connectivity index (χ4n) is 4.97. The van der Waals surface area contributed by atoms with E-state index in [1.54, 1.807) is 0 Å². The monoisotopic (exact) mass is 487 g/mol. The summed E-state index contributed by atoms with van der Waals surface area (Å²) in [7, 11) is 0. The van der Waals surface area contributed by atoms with Gasteiger partial charge in [-0.25, -0.2) is 0 Å². The van der Waals surface area contributed by atoms with Gasteiger partial charge in [-0.3, -0.25) is 19.4 Å². The first kappa shape index (κ1) is 24.4. The lowest BCUT2D eigenvalue weighted by atomic mass is 10.0. The van der Waals surface area contributed by atoms with Crippen LogP contribution in [-0.4, -0.2) is 72.5 Å². The average molecular weight is 488 g/mol. The molecule has 2 heterocycles. The van der Waals surface area contributed by atoms with E-state index in [1.165, 1.54) is 21.9 Å². The van der Waals surface area contributed by atoms with E-state index >= 15 is 0 Å². The summed E-state index contributed by atoms with van der Waals surface area (Å²) in [6, 6.07) is 23.3. The molecular formula is C28H33N5O3. The number of hydroxylamine groups is 1. The molecule has 2 aliphatic heterocycles. The van der Waals surface area contributed by atoms with Crippen molar-refractivity contribution in [3.05, 3.63) is 83.4 Å². The Labute approximate surface area is 211 Å². The molecule has 0 spiro atoms. The van der Waals surface area contributed by atoms with Crippen LogP contribution in [0.25, 0.3) is 10.8 Å². The zero-order chi connectivity index (χ0) is 24.7. The lowest BCUT2D eigenvalue weighted by molar-refractivity contribution is -0.138. The van der Waals surface area contributed by atoms with Gasteiger partial charge in [0.25, 0.3) is 0 Å². The van der Waals surface area contributed by atoms with Gasteiger partial charge in [-0.05, 0) is 33.9 Å². The van der Waals surface area contributed by atoms with Gasteiger partial charge in [0.1, 0.15) is 0 Å². The molecule has 2 unspecified atom stereocenters. The van der Waals surface area contributed by atoms with Gasteiger partial charge in [-0.1, -0.05) is 66.7 Å². The van der Waals surface area contributed by atoms with Crippen LogP contribution in [0.4, 0.5) is 0 Å². The molecule has 0 bridgehead atoms. The van der Waals surface area contributed by atoms with Crippen LogP contribution in [0.2, 0.25) is 0 Å². The molecule has 2 fully saturated rings. The summed E-state index contributed by atoms with van der Waals surface area (Å²) >= 11 is 0. The van der Waals surface area contributed by atoms with Gasteiger partial charge < -0.3 is 10.5 Å². The van der Waals surface area contributed by atoms with Crippen LogP contribution in [0.1, 0.15) is 29.2 Å². The van der Waals surface area contributed by atoms with Crippen molar-refractivity contribution in [2.45, 2.75) is 25.1 Å². The average Bonchev–Trinajstić information content (AvgIpc) is 3.36. The molecule has 0 aromatic heterocycles. The minimum absolute atomic E-state index is 0.123. The maximum Gasteiger partial charge on any atom is 0.317 e. The first-order valence-electron chi connectivity index (χ1n) is 12.5. The highest BCUT2D eigenvalue weighted by Gasteiger charge is 2.29. The number of hydrogen-bond acceptors (Lipinski definition) is 7. The van der Waals surface area contributed by atoms with Crippen molar-refractivity contribution in [1.29, 1.82) is 0 Å². The van der Waals surface area contributed by atoms with Crippen LogP contribution in [0, 0.1) is 0 Å². The number of rotatable bonds is 9. The van der Waals surface area contributed by atoms with Crippen LogP contribution < -0.4 is 10.9 Å². The molecule has 0 radical (unpaired) electrons. The second-order valence-electron chi connectivity index (χ2n) is 9.51. The largest absolute Gasteiger partial charge is 0.480 e. The molecule has 8 nitrogen and oxygen atoms in total. The Bertz CT molecular complexity index is 1190. The maximum atomic E-state index is 10.9. The van der Waals surface area contributed by atoms with Crippen LogP contribution in [0.3, 0.4) is 0 Å². The molecule has 8 heteroatoms. The first-order valence-corrected chi connectivity index (χ1v) is 12.5. The lowest BCUT2D eigenvalue weighted by Crippen LogP contribution is -2.49. The van der Waals surface area contributed by atoms with Gasteiger partial charge in [0.2, 0.25) is 0 Å². The van der Waals surface area contributed by atoms with Crippen molar-refractivity contribution >= 4 is 23.0 Å². The molecular weight excluding hydrogens is 454 g/mol. The van der Waals surface area contributed by atoms with Gasteiger partial charge in [0, 0.05) is 32.7 Å². The van der Waals surface area contributed by atoms with Crippen LogP contribution in [-0.2, 0) is 16.2 Å². The maximum absolute atomic E-state index is 10.9. The normalized spacial score (nSPS) is 21.3. The molecule has 3 N–H and O–H groups in total. The Kier molecular flexibility index (Phi) is 7.88. The smallest absolute Gasteiger partial charge is 0.317 e. The summed E-state index contributed by atoms with van der Waals surface area (Å²) in [5.74, 6) is -0.760. The zero-order valence-corrected chi connectivity index (χ0v) is 20.3. The number of fused-ring (bicyclic) bond motifs is 1. The van der Waals surface area contributed by atoms with Gasteiger partial charge in [-0.15, -0.1) is 0 Å². The molecule has 2 aliphatic rings. The van der Waals surface area contributed by atoms with Crippen LogP contribution in [0.5, 0.6) is 0 Å². The third-order valence-corrected chi connectivity index (χ3v) is 6.95. The fraction of sp³-hybridized carbons (Fsp3) is 0.357. The molecule has 2 saturated heterocycles. The van der Waals surface area contributed by atoms with Crippen molar-refractivity contribution in [3.8, 4) is 0 Å². The molecule has 36 heavy (non-hydrogen) atoms. The standard InChI is InChI=1S/C28H33N5O3/c34-28(35)20-33-14-12-32(13-15-33)19-25-16-27(31-36-25)23-10-8-21(9-11-23)17-29-30-18-24-6-3-5-22-4-1-2-7-26(22)24/h1-11,17,25,27,30-31H,12-16,18-20H2,(H,34,35). The third-order valence-electron chi connectivity index (χ3n) is 6.95. The molecule has 3 aromatic rings. The van der Waals surface area contributed by atoms with Crippen molar-refractivity contribution in [2.24, 2.45) is 5.10 Å². The number of hydrazone groups is 1. The van der Waals surface area contributed by atoms with Crippen molar-refractivity contribution in [1.82, 2.24) is 20.7 Å². The van der Waals surface area contributed by atoms with Crippen molar-refractivity contribution < 1.29 is 14.7 Å². The Hall–Kier alpha value is -3.30. The third kappa shape index (κ3) is 6.27. The highest BCUT2D eigenvalue weighted by Crippen LogP contribution is 2.26. The van der Waals surface area contributed by atoms with Gasteiger partial charge >= 0.3 is 5.97 Å². The van der Waals surface area contributed by atoms with E-state index in [1.807, 2.05) is 11.1 Å². The van der Waals surface area contributed by atoms with E-state index < -0.39 is 5.97 Å². The molecule has 3 aromatic carbocycles. The number of nitrogens with zero attached hydrogens (tertiary/aromatic N) is 3. The number of hydrogen-bond donors (Lipinski definition) is 3. The highest BCUT2D eigenvalue weighted by molar-refractivity contribution is 5.85. The van der Waals surface area contributed by atoms with Gasteiger partial charge in [-0.2, -0.15) is 10.6 Å². The van der Waals surface area contributed by atoms with E-state index in [0.29, 0.717) is 6.54 Å². The number of piperazine rings is 1. The topological polar surface area (TPSA) is 89.4 Å². The molecule has 0 saturated carbocycles. The Morgan fingerprint density at radius 3 is 2.58 bits per heavy atom. The van der Waals surface area contributed by atoms with E-state index in [2.05, 4.69) is 87.6 Å². The quantitative estimate of drug-likeness (QED) is 0.316. The minimum atomic E-state index is -0.760. The predicted octanol–water partition coefficient (Wildman–Crippen LogP) is 3.00. The van der Waals surface area contributed by atoms with Crippen LogP contribution >= 0.6 is 0 Å². The van der Waals surface area contributed by atoms with Crippen molar-refractivity contribution in [3.63, 3.8) is 0 Å². The summed E-state index contributed by atoms with van der Waals surface area (Å²) in [6.07, 6.45) is 2.89. The number of nitrogens with one attached hydrogen (secondary N) is 2. The fourth-order valence-corrected chi connectivity index (χ4v) is 4.97. The molecule has 2 atom stereocenters. The summed E-state index contributed by atoms with van der Waals surface area (Å²) in [6.45, 7) is 4.98. The Morgan fingerprint density at radius 1 is 1.03 bits per heavy atom. The van der Waals surface area contributed by atoms with E-state index in [9.17, 15) is 4.79 Å². The Balaban J connectivity index is 1.07. The molecule has 188 valence electrons. The Morgan fingerprint density at radius 2 is 1.78 bits per heavy atom. The zero-order valence-electron chi connectivity index (χ0n) is 20.3. The SMILES string of the molecule is O=C(O)CN1CCN(CC2CC(c3ccc(C=NNCc4cccc5ccccc45)cc3)NO2)CC1. The molecule has 0 amide bonds. The number of benzene rings is 3.